The average Bonchev–Trinajstić information content (AvgIpc) is 2.56. The van der Waals surface area contributed by atoms with Crippen LogP contribution in [0.2, 0.25) is 0 Å². The molecule has 27 heavy (non-hydrogen) atoms. The third-order valence-corrected chi connectivity index (χ3v) is 3.42. The Hall–Kier alpha value is -2.28. The molecule has 0 heterocycles. The van der Waals surface area contributed by atoms with Crippen molar-refractivity contribution in [3.8, 4) is 0 Å². The van der Waals surface area contributed by atoms with Crippen molar-refractivity contribution in [2.45, 2.75) is 52.1 Å². The highest BCUT2D eigenvalue weighted by Crippen LogP contribution is 2.07. The largest absolute Gasteiger partial charge is 0.444 e. The first-order valence-electron chi connectivity index (χ1n) is 8.75. The van der Waals surface area contributed by atoms with E-state index in [1.807, 2.05) is 20.8 Å². The number of amides is 2. The molecule has 1 rings (SSSR count). The van der Waals surface area contributed by atoms with E-state index in [1.165, 1.54) is 0 Å². The molecular formula is C19H30ClN3O4. The van der Waals surface area contributed by atoms with Gasteiger partial charge in [0.2, 0.25) is 5.91 Å². The third-order valence-electron chi connectivity index (χ3n) is 3.12. The number of carbonyl (C=O) groups excluding carboxylic acids is 3. The van der Waals surface area contributed by atoms with E-state index in [-0.39, 0.29) is 11.7 Å². The minimum absolute atomic E-state index is 0.0757. The molecule has 0 aliphatic carbocycles. The Labute approximate surface area is 165 Å². The molecule has 5 N–H and O–H groups in total. The fourth-order valence-electron chi connectivity index (χ4n) is 1.89. The Kier molecular flexibility index (Phi) is 11.9. The van der Waals surface area contributed by atoms with Gasteiger partial charge in [0, 0.05) is 24.2 Å². The van der Waals surface area contributed by atoms with Crippen LogP contribution in [0.3, 0.4) is 0 Å². The van der Waals surface area contributed by atoms with Crippen molar-refractivity contribution in [1.29, 1.82) is 0 Å². The molecular weight excluding hydrogens is 370 g/mol. The number of anilines is 1. The summed E-state index contributed by atoms with van der Waals surface area (Å²) in [5, 5.41) is 2.67. The monoisotopic (exact) mass is 399 g/mol. The second-order valence-corrected chi connectivity index (χ2v) is 7.17. The van der Waals surface area contributed by atoms with Crippen LogP contribution in [-0.4, -0.2) is 35.8 Å². The van der Waals surface area contributed by atoms with Gasteiger partial charge in [0.15, 0.2) is 0 Å². The zero-order valence-electron chi connectivity index (χ0n) is 16.2. The van der Waals surface area contributed by atoms with Crippen molar-refractivity contribution in [3.63, 3.8) is 0 Å². The number of nitrogen functional groups attached to an aromatic ring is 1. The van der Waals surface area contributed by atoms with E-state index in [0.29, 0.717) is 24.2 Å². The number of alkyl carbamates (subject to hydrolysis) is 1. The van der Waals surface area contributed by atoms with E-state index >= 15 is 0 Å². The van der Waals surface area contributed by atoms with E-state index < -0.39 is 17.6 Å². The smallest absolute Gasteiger partial charge is 0.407 e. The number of unbranched alkanes of at least 4 members (excludes halogenated alkanes) is 2. The van der Waals surface area contributed by atoms with Crippen molar-refractivity contribution >= 4 is 35.1 Å². The molecule has 0 atom stereocenters. The second-order valence-electron chi connectivity index (χ2n) is 6.90. The van der Waals surface area contributed by atoms with Gasteiger partial charge < -0.3 is 21.5 Å². The van der Waals surface area contributed by atoms with Gasteiger partial charge in [-0.05, 0) is 51.8 Å². The zero-order chi connectivity index (χ0) is 20.9. The van der Waals surface area contributed by atoms with Gasteiger partial charge >= 0.3 is 6.09 Å². The fraction of sp³-hybridized carbons (Fsp3) is 0.526. The van der Waals surface area contributed by atoms with Crippen molar-refractivity contribution in [2.24, 2.45) is 5.73 Å². The topological polar surface area (TPSA) is 125 Å². The van der Waals surface area contributed by atoms with Crippen LogP contribution in [0.15, 0.2) is 24.3 Å². The molecule has 0 spiro atoms. The summed E-state index contributed by atoms with van der Waals surface area (Å²) in [6, 6.07) is 6.56. The molecule has 8 heteroatoms. The molecule has 0 radical (unpaired) electrons. The molecule has 2 amide bonds. The molecule has 1 aromatic carbocycles. The van der Waals surface area contributed by atoms with Crippen LogP contribution < -0.4 is 16.8 Å². The number of hydrogen-bond donors (Lipinski definition) is 3. The summed E-state index contributed by atoms with van der Waals surface area (Å²) >= 11 is 5.37. The van der Waals surface area contributed by atoms with Gasteiger partial charge in [0.1, 0.15) is 11.4 Å². The lowest BCUT2D eigenvalue weighted by molar-refractivity contribution is -0.116. The van der Waals surface area contributed by atoms with Crippen LogP contribution in [0.1, 0.15) is 56.8 Å². The lowest BCUT2D eigenvalue weighted by atomic mass is 10.1. The van der Waals surface area contributed by atoms with E-state index in [0.717, 1.165) is 19.3 Å². The van der Waals surface area contributed by atoms with Gasteiger partial charge in [-0.2, -0.15) is 0 Å². The number of rotatable bonds is 8. The highest BCUT2D eigenvalue weighted by molar-refractivity contribution is 6.27. The highest BCUT2D eigenvalue weighted by atomic mass is 35.5. The van der Waals surface area contributed by atoms with E-state index in [4.69, 9.17) is 27.8 Å². The Bertz CT molecular complexity index is 615. The number of ether oxygens (including phenoxy) is 1. The summed E-state index contributed by atoms with van der Waals surface area (Å²) in [5.74, 6) is -0.282. The minimum Gasteiger partial charge on any atom is -0.444 e. The van der Waals surface area contributed by atoms with Crippen LogP contribution in [0.5, 0.6) is 0 Å². The number of nitrogens with one attached hydrogen (secondary N) is 1. The second kappa shape index (κ2) is 13.0. The Morgan fingerprint density at radius 3 is 2.30 bits per heavy atom. The Morgan fingerprint density at radius 1 is 1.15 bits per heavy atom. The molecule has 0 aliphatic rings. The summed E-state index contributed by atoms with van der Waals surface area (Å²) in [4.78, 5) is 32.6. The molecule has 152 valence electrons. The molecule has 0 fully saturated rings. The molecule has 0 unspecified atom stereocenters. The molecule has 1 aromatic rings. The van der Waals surface area contributed by atoms with Crippen molar-refractivity contribution in [3.05, 3.63) is 29.8 Å². The van der Waals surface area contributed by atoms with Crippen molar-refractivity contribution in [2.75, 3.05) is 18.2 Å². The number of halogens is 1. The first-order valence-corrected chi connectivity index (χ1v) is 9.28. The van der Waals surface area contributed by atoms with Gasteiger partial charge in [0.25, 0.3) is 0 Å². The zero-order valence-corrected chi connectivity index (χ0v) is 17.0. The summed E-state index contributed by atoms with van der Waals surface area (Å²) in [5.41, 5.74) is 10.9. The number of alkyl halides is 1. The summed E-state index contributed by atoms with van der Waals surface area (Å²) in [6.45, 7) is 6.04. The fourth-order valence-corrected chi connectivity index (χ4v) is 2.02. The maximum Gasteiger partial charge on any atom is 0.407 e. The molecule has 7 nitrogen and oxygen atoms in total. The summed E-state index contributed by atoms with van der Waals surface area (Å²) < 4.78 is 5.08. The number of ketones is 1. The maximum absolute atomic E-state index is 11.2. The van der Waals surface area contributed by atoms with Crippen LogP contribution in [0.25, 0.3) is 0 Å². The van der Waals surface area contributed by atoms with Crippen molar-refractivity contribution < 1.29 is 19.1 Å². The molecule has 0 bridgehead atoms. The highest BCUT2D eigenvalue weighted by Gasteiger charge is 2.15. The average molecular weight is 400 g/mol. The predicted molar refractivity (Wildman–Crippen MR) is 108 cm³/mol. The maximum atomic E-state index is 11.2. The number of benzene rings is 1. The first kappa shape index (κ1) is 24.7. The van der Waals surface area contributed by atoms with Gasteiger partial charge in [0.05, 0.1) is 5.88 Å². The van der Waals surface area contributed by atoms with Crippen LogP contribution >= 0.6 is 11.6 Å². The number of Topliss-reactive ketones (excluding diaryl/α,β-unsaturated/α-hetero) is 1. The number of carbonyl (C=O) groups is 3. The number of primary amides is 1. The summed E-state index contributed by atoms with van der Waals surface area (Å²) in [7, 11) is 0. The number of hydrogen-bond acceptors (Lipinski definition) is 5. The molecule has 0 aromatic heterocycles. The van der Waals surface area contributed by atoms with Crippen LogP contribution in [0.4, 0.5) is 10.5 Å². The normalized spacial score (nSPS) is 10.4. The van der Waals surface area contributed by atoms with E-state index in [2.05, 4.69) is 5.32 Å². The van der Waals surface area contributed by atoms with Gasteiger partial charge in [-0.3, -0.25) is 9.59 Å². The standard InChI is InChI=1S/C12H22ClNO3.C7H8N2O/c1-12(2,3)17-11(16)14-8-6-4-5-7-10(15)9-13;8-6-3-1-2-5(4-6)7(9)10/h4-9H2,1-3H3,(H,14,16);1-4H,8H2,(H2,9,10). The van der Waals surface area contributed by atoms with Crippen LogP contribution in [-0.2, 0) is 9.53 Å². The summed E-state index contributed by atoms with van der Waals surface area (Å²) in [6.07, 6.45) is 2.69. The predicted octanol–water partition coefficient (Wildman–Crippen LogP) is 3.25. The lowest BCUT2D eigenvalue weighted by Crippen LogP contribution is -2.32. The molecule has 0 saturated carbocycles. The molecule has 0 aliphatic heterocycles. The van der Waals surface area contributed by atoms with Gasteiger partial charge in [-0.1, -0.05) is 12.5 Å². The minimum atomic E-state index is -0.461. The van der Waals surface area contributed by atoms with Gasteiger partial charge in [-0.15, -0.1) is 11.6 Å². The lowest BCUT2D eigenvalue weighted by Gasteiger charge is -2.19. The molecule has 0 saturated heterocycles. The third kappa shape index (κ3) is 14.6. The first-order chi connectivity index (χ1) is 12.5. The van der Waals surface area contributed by atoms with E-state index in [9.17, 15) is 14.4 Å². The quantitative estimate of drug-likeness (QED) is 0.351. The van der Waals surface area contributed by atoms with Gasteiger partial charge in [-0.25, -0.2) is 4.79 Å². The Balaban J connectivity index is 0.000000569. The van der Waals surface area contributed by atoms with Crippen LogP contribution in [0, 0.1) is 0 Å². The van der Waals surface area contributed by atoms with Crippen molar-refractivity contribution in [1.82, 2.24) is 5.32 Å². The Morgan fingerprint density at radius 2 is 1.81 bits per heavy atom. The van der Waals surface area contributed by atoms with E-state index in [1.54, 1.807) is 24.3 Å². The number of nitrogens with two attached hydrogens (primary N) is 2. The SMILES string of the molecule is CC(C)(C)OC(=O)NCCCCCC(=O)CCl.NC(=O)c1cccc(N)c1.